The van der Waals surface area contributed by atoms with Gasteiger partial charge in [-0.1, -0.05) is 0 Å². The molecule has 2 rings (SSSR count). The second-order valence-corrected chi connectivity index (χ2v) is 6.52. The molecule has 0 saturated carbocycles. The maximum atomic E-state index is 11.1. The van der Waals surface area contributed by atoms with E-state index < -0.39 is 16.1 Å². The van der Waals surface area contributed by atoms with Crippen LogP contribution in [0.5, 0.6) is 0 Å². The molecule has 0 saturated heterocycles. The van der Waals surface area contributed by atoms with Gasteiger partial charge in [-0.15, -0.1) is 5.11 Å². The van der Waals surface area contributed by atoms with Gasteiger partial charge in [0, 0.05) is 12.7 Å². The Kier molecular flexibility index (Phi) is 5.35. The summed E-state index contributed by atoms with van der Waals surface area (Å²) in [5, 5.41) is 13.5. The third-order valence-electron chi connectivity index (χ3n) is 3.27. The summed E-state index contributed by atoms with van der Waals surface area (Å²) >= 11 is 0. The normalized spacial score (nSPS) is 11.5. The fraction of sp³-hybridized carbons (Fsp3) is 0.133. The predicted octanol–water partition coefficient (Wildman–Crippen LogP) is 3.19. The maximum Gasteiger partial charge on any atom is 0.316 e. The van der Waals surface area contributed by atoms with Crippen LogP contribution in [-0.2, 0) is 10.1 Å². The number of hydrogen-bond acceptors (Lipinski definition) is 6. The third-order valence-corrected chi connectivity index (χ3v) is 4.12. The largest absolute Gasteiger partial charge is 0.388 e. The van der Waals surface area contributed by atoms with E-state index in [-0.39, 0.29) is 4.90 Å². The summed E-state index contributed by atoms with van der Waals surface area (Å²) in [6.45, 7) is 1.63. The van der Waals surface area contributed by atoms with Gasteiger partial charge >= 0.3 is 6.03 Å². The minimum atomic E-state index is -4.28. The van der Waals surface area contributed by atoms with Crippen molar-refractivity contribution < 1.29 is 17.8 Å². The number of azo groups is 1. The highest BCUT2D eigenvalue weighted by Crippen LogP contribution is 2.31. The zero-order valence-electron chi connectivity index (χ0n) is 13.5. The Morgan fingerprint density at radius 1 is 1.12 bits per heavy atom. The molecule has 9 nitrogen and oxygen atoms in total. The number of amides is 2. The van der Waals surface area contributed by atoms with Gasteiger partial charge in [-0.25, -0.2) is 4.79 Å². The Labute approximate surface area is 144 Å². The smallest absolute Gasteiger partial charge is 0.316 e. The first-order chi connectivity index (χ1) is 11.7. The molecule has 0 atom stereocenters. The third kappa shape index (κ3) is 4.75. The van der Waals surface area contributed by atoms with Crippen LogP contribution in [0.25, 0.3) is 0 Å². The fourth-order valence-electron chi connectivity index (χ4n) is 2.02. The lowest BCUT2D eigenvalue weighted by Crippen LogP contribution is -2.19. The van der Waals surface area contributed by atoms with Crippen LogP contribution in [-0.4, -0.2) is 26.0 Å². The van der Waals surface area contributed by atoms with Crippen molar-refractivity contribution in [2.75, 3.05) is 17.7 Å². The van der Waals surface area contributed by atoms with Gasteiger partial charge < -0.3 is 16.4 Å². The topological polar surface area (TPSA) is 146 Å². The van der Waals surface area contributed by atoms with Gasteiger partial charge in [-0.3, -0.25) is 4.55 Å². The zero-order chi connectivity index (χ0) is 18.6. The SMILES string of the molecule is CNc1ccc(N=Nc2ccc(S(=O)(=O)O)cc2C)c(NC(N)=O)c1. The number of benzene rings is 2. The molecule has 2 aromatic rings. The van der Waals surface area contributed by atoms with Crippen LogP contribution in [0.4, 0.5) is 27.5 Å². The van der Waals surface area contributed by atoms with E-state index in [1.807, 2.05) is 0 Å². The van der Waals surface area contributed by atoms with Crippen molar-refractivity contribution in [3.05, 3.63) is 42.0 Å². The Balaban J connectivity index is 2.37. The summed E-state index contributed by atoms with van der Waals surface area (Å²) in [5.41, 5.74) is 7.56. The minimum Gasteiger partial charge on any atom is -0.388 e. The molecule has 0 radical (unpaired) electrons. The molecule has 2 aromatic carbocycles. The molecule has 0 aliphatic rings. The van der Waals surface area contributed by atoms with Crippen LogP contribution in [0, 0.1) is 6.92 Å². The number of anilines is 2. The van der Waals surface area contributed by atoms with Crippen molar-refractivity contribution in [3.63, 3.8) is 0 Å². The van der Waals surface area contributed by atoms with Crippen LogP contribution >= 0.6 is 0 Å². The number of nitrogens with zero attached hydrogens (tertiary/aromatic N) is 2. The average Bonchev–Trinajstić information content (AvgIpc) is 2.53. The van der Waals surface area contributed by atoms with Crippen molar-refractivity contribution in [3.8, 4) is 0 Å². The van der Waals surface area contributed by atoms with E-state index in [1.54, 1.807) is 32.2 Å². The second kappa shape index (κ2) is 7.28. The average molecular weight is 363 g/mol. The fourth-order valence-corrected chi connectivity index (χ4v) is 2.59. The quantitative estimate of drug-likeness (QED) is 0.476. The van der Waals surface area contributed by atoms with Crippen molar-refractivity contribution >= 4 is 38.9 Å². The van der Waals surface area contributed by atoms with Crippen LogP contribution < -0.4 is 16.4 Å². The highest BCUT2D eigenvalue weighted by molar-refractivity contribution is 7.85. The zero-order valence-corrected chi connectivity index (χ0v) is 14.3. The van der Waals surface area contributed by atoms with Crippen molar-refractivity contribution in [2.45, 2.75) is 11.8 Å². The van der Waals surface area contributed by atoms with Gasteiger partial charge in [0.25, 0.3) is 10.1 Å². The number of carbonyl (C=O) groups is 1. The lowest BCUT2D eigenvalue weighted by molar-refractivity contribution is 0.259. The molecule has 5 N–H and O–H groups in total. The summed E-state index contributed by atoms with van der Waals surface area (Å²) in [4.78, 5) is 10.9. The lowest BCUT2D eigenvalue weighted by Gasteiger charge is -2.08. The molecule has 0 aromatic heterocycles. The minimum absolute atomic E-state index is 0.224. The molecule has 0 bridgehead atoms. The number of aryl methyl sites for hydroxylation is 1. The number of rotatable bonds is 5. The van der Waals surface area contributed by atoms with Crippen molar-refractivity contribution in [1.82, 2.24) is 0 Å². The molecule has 132 valence electrons. The number of nitrogens with one attached hydrogen (secondary N) is 2. The number of urea groups is 1. The number of primary amides is 1. The van der Waals surface area contributed by atoms with Crippen LogP contribution in [0.1, 0.15) is 5.56 Å². The van der Waals surface area contributed by atoms with Crippen LogP contribution in [0.2, 0.25) is 0 Å². The molecular formula is C15H17N5O4S. The first-order valence-corrected chi connectivity index (χ1v) is 8.53. The van der Waals surface area contributed by atoms with Crippen molar-refractivity contribution in [1.29, 1.82) is 0 Å². The highest BCUT2D eigenvalue weighted by Gasteiger charge is 2.11. The lowest BCUT2D eigenvalue weighted by atomic mass is 10.2. The van der Waals surface area contributed by atoms with E-state index in [1.165, 1.54) is 18.2 Å². The van der Waals surface area contributed by atoms with Crippen LogP contribution in [0.15, 0.2) is 51.5 Å². The van der Waals surface area contributed by atoms with Gasteiger partial charge in [0.2, 0.25) is 0 Å². The molecule has 10 heteroatoms. The number of hydrogen-bond donors (Lipinski definition) is 4. The molecule has 0 aliphatic carbocycles. The molecule has 0 heterocycles. The Bertz CT molecular complexity index is 941. The van der Waals surface area contributed by atoms with Crippen LogP contribution in [0.3, 0.4) is 0 Å². The molecule has 25 heavy (non-hydrogen) atoms. The standard InChI is InChI=1S/C15H17N5O4S/c1-9-7-11(25(22,23)24)4-6-12(9)19-20-13-5-3-10(17-2)8-14(13)18-15(16)21/h3-8,17H,1-2H3,(H3,16,18,21)(H,22,23,24). The van der Waals surface area contributed by atoms with E-state index in [2.05, 4.69) is 20.9 Å². The molecule has 0 fully saturated rings. The highest BCUT2D eigenvalue weighted by atomic mass is 32.2. The van der Waals surface area contributed by atoms with Gasteiger partial charge in [0.1, 0.15) is 5.69 Å². The Morgan fingerprint density at radius 2 is 1.76 bits per heavy atom. The Hall–Kier alpha value is -2.98. The predicted molar refractivity (Wildman–Crippen MR) is 94.4 cm³/mol. The summed E-state index contributed by atoms with van der Waals surface area (Å²) in [5.74, 6) is 0. The van der Waals surface area contributed by atoms with Gasteiger partial charge in [0.15, 0.2) is 0 Å². The van der Waals surface area contributed by atoms with E-state index in [9.17, 15) is 13.2 Å². The molecule has 2 amide bonds. The van der Waals surface area contributed by atoms with Crippen molar-refractivity contribution in [2.24, 2.45) is 16.0 Å². The summed E-state index contributed by atoms with van der Waals surface area (Å²) < 4.78 is 31.3. The Morgan fingerprint density at radius 3 is 2.32 bits per heavy atom. The first-order valence-electron chi connectivity index (χ1n) is 7.09. The van der Waals surface area contributed by atoms with E-state index in [4.69, 9.17) is 10.3 Å². The van der Waals surface area contributed by atoms with Gasteiger partial charge in [-0.05, 0) is 48.9 Å². The van der Waals surface area contributed by atoms with E-state index in [0.717, 1.165) is 5.69 Å². The van der Waals surface area contributed by atoms with E-state index in [0.29, 0.717) is 22.6 Å². The van der Waals surface area contributed by atoms with Gasteiger partial charge in [0.05, 0.1) is 16.3 Å². The first kappa shape index (κ1) is 18.4. The molecule has 0 aliphatic heterocycles. The summed E-state index contributed by atoms with van der Waals surface area (Å²) in [6.07, 6.45) is 0. The number of nitrogens with two attached hydrogens (primary N) is 1. The second-order valence-electron chi connectivity index (χ2n) is 5.09. The summed E-state index contributed by atoms with van der Waals surface area (Å²) in [6, 6.07) is 8.23. The number of carbonyl (C=O) groups excluding carboxylic acids is 1. The maximum absolute atomic E-state index is 11.1. The molecule has 0 unspecified atom stereocenters. The summed E-state index contributed by atoms with van der Waals surface area (Å²) in [7, 11) is -2.55. The van der Waals surface area contributed by atoms with E-state index >= 15 is 0 Å². The van der Waals surface area contributed by atoms with Gasteiger partial charge in [-0.2, -0.15) is 13.5 Å². The molecular weight excluding hydrogens is 346 g/mol. The monoisotopic (exact) mass is 363 g/mol. The molecule has 0 spiro atoms.